The van der Waals surface area contributed by atoms with Crippen LogP contribution in [0.5, 0.6) is 0 Å². The molecule has 0 spiro atoms. The molecule has 3 rings (SSSR count). The molecule has 0 amide bonds. The van der Waals surface area contributed by atoms with Crippen molar-refractivity contribution in [1.82, 2.24) is 4.98 Å². The molecule has 3 heteroatoms. The minimum atomic E-state index is 0.189. The van der Waals surface area contributed by atoms with Crippen LogP contribution in [0.4, 0.5) is 0 Å². The Balaban J connectivity index is 2.04. The fourth-order valence-corrected chi connectivity index (χ4v) is 2.20. The summed E-state index contributed by atoms with van der Waals surface area (Å²) in [5.74, 6) is 5.18. The normalized spacial score (nSPS) is 18.2. The predicted octanol–water partition coefficient (Wildman–Crippen LogP) is 2.09. The second-order valence-electron chi connectivity index (χ2n) is 4.37. The summed E-state index contributed by atoms with van der Waals surface area (Å²) in [6.07, 6.45) is 4.32. The van der Waals surface area contributed by atoms with Gasteiger partial charge in [-0.25, -0.2) is 5.90 Å². The molecular formula is C12H14N2O. The quantitative estimate of drug-likeness (QED) is 0.749. The van der Waals surface area contributed by atoms with E-state index >= 15 is 0 Å². The number of aromatic nitrogens is 1. The lowest BCUT2D eigenvalue weighted by Gasteiger charge is -2.13. The Morgan fingerprint density at radius 3 is 2.93 bits per heavy atom. The van der Waals surface area contributed by atoms with Gasteiger partial charge in [0.1, 0.15) is 0 Å². The molecule has 0 bridgehead atoms. The van der Waals surface area contributed by atoms with Crippen LogP contribution in [0.15, 0.2) is 30.5 Å². The van der Waals surface area contributed by atoms with Gasteiger partial charge in [-0.1, -0.05) is 12.1 Å². The summed E-state index contributed by atoms with van der Waals surface area (Å²) < 4.78 is 0. The van der Waals surface area contributed by atoms with Crippen molar-refractivity contribution in [2.45, 2.75) is 18.3 Å². The minimum Gasteiger partial charge on any atom is -0.361 e. The number of H-pyrrole nitrogens is 1. The van der Waals surface area contributed by atoms with Crippen LogP contribution >= 0.6 is 0 Å². The van der Waals surface area contributed by atoms with E-state index in [0.717, 1.165) is 0 Å². The molecule has 3 N–H and O–H groups in total. The van der Waals surface area contributed by atoms with Crippen LogP contribution in [0.25, 0.3) is 10.9 Å². The molecule has 0 radical (unpaired) electrons. The summed E-state index contributed by atoms with van der Waals surface area (Å²) in [5.41, 5.74) is 2.72. The van der Waals surface area contributed by atoms with Crippen LogP contribution in [0.1, 0.15) is 18.4 Å². The van der Waals surface area contributed by atoms with Crippen LogP contribution in [0.2, 0.25) is 0 Å². The number of rotatable bonds is 3. The highest BCUT2D eigenvalue weighted by Crippen LogP contribution is 2.48. The van der Waals surface area contributed by atoms with E-state index in [0.29, 0.717) is 6.61 Å². The highest BCUT2D eigenvalue weighted by molar-refractivity contribution is 5.80. The monoisotopic (exact) mass is 202 g/mol. The number of benzene rings is 1. The van der Waals surface area contributed by atoms with Gasteiger partial charge >= 0.3 is 0 Å². The van der Waals surface area contributed by atoms with Crippen molar-refractivity contribution in [3.8, 4) is 0 Å². The second-order valence-corrected chi connectivity index (χ2v) is 4.37. The van der Waals surface area contributed by atoms with Crippen molar-refractivity contribution in [3.63, 3.8) is 0 Å². The van der Waals surface area contributed by atoms with Gasteiger partial charge in [-0.15, -0.1) is 0 Å². The Hall–Kier alpha value is -1.32. The average Bonchev–Trinajstić information content (AvgIpc) is 2.89. The molecule has 1 aliphatic rings. The fourth-order valence-electron chi connectivity index (χ4n) is 2.20. The third kappa shape index (κ3) is 1.35. The maximum atomic E-state index is 5.18. The van der Waals surface area contributed by atoms with Crippen LogP contribution in [0, 0.1) is 0 Å². The summed E-state index contributed by atoms with van der Waals surface area (Å²) >= 11 is 0. The molecule has 2 aromatic rings. The highest BCUT2D eigenvalue weighted by atomic mass is 16.6. The maximum Gasteiger partial charge on any atom is 0.0775 e. The van der Waals surface area contributed by atoms with Gasteiger partial charge in [-0.05, 0) is 35.9 Å². The van der Waals surface area contributed by atoms with Crippen LogP contribution < -0.4 is 5.90 Å². The number of nitrogens with two attached hydrogens (primary N) is 1. The number of hydrogen-bond acceptors (Lipinski definition) is 2. The smallest absolute Gasteiger partial charge is 0.0775 e. The van der Waals surface area contributed by atoms with Crippen molar-refractivity contribution >= 4 is 10.9 Å². The molecule has 1 heterocycles. The third-order valence-electron chi connectivity index (χ3n) is 3.38. The van der Waals surface area contributed by atoms with E-state index in [1.54, 1.807) is 0 Å². The van der Waals surface area contributed by atoms with Gasteiger partial charge in [0.25, 0.3) is 0 Å². The van der Waals surface area contributed by atoms with Crippen LogP contribution in [-0.4, -0.2) is 11.6 Å². The Bertz CT molecular complexity index is 485. The first-order valence-electron chi connectivity index (χ1n) is 5.23. The van der Waals surface area contributed by atoms with E-state index in [1.807, 2.05) is 6.20 Å². The Kier molecular flexibility index (Phi) is 1.84. The Labute approximate surface area is 88.2 Å². The summed E-state index contributed by atoms with van der Waals surface area (Å²) in [5, 5.41) is 1.25. The van der Waals surface area contributed by atoms with E-state index in [4.69, 9.17) is 10.7 Å². The fraction of sp³-hybridized carbons (Fsp3) is 0.333. The van der Waals surface area contributed by atoms with E-state index in [2.05, 4.69) is 29.2 Å². The van der Waals surface area contributed by atoms with E-state index in [9.17, 15) is 0 Å². The maximum absolute atomic E-state index is 5.18. The zero-order chi connectivity index (χ0) is 10.3. The Morgan fingerprint density at radius 2 is 2.20 bits per heavy atom. The van der Waals surface area contributed by atoms with Gasteiger partial charge in [0.05, 0.1) is 6.61 Å². The highest BCUT2D eigenvalue weighted by Gasteiger charge is 2.44. The number of aromatic amines is 1. The van der Waals surface area contributed by atoms with Gasteiger partial charge in [-0.2, -0.15) is 0 Å². The predicted molar refractivity (Wildman–Crippen MR) is 59.4 cm³/mol. The van der Waals surface area contributed by atoms with Gasteiger partial charge in [0.15, 0.2) is 0 Å². The largest absolute Gasteiger partial charge is 0.361 e. The molecule has 78 valence electrons. The van der Waals surface area contributed by atoms with E-state index in [-0.39, 0.29) is 5.41 Å². The summed E-state index contributed by atoms with van der Waals surface area (Å²) in [6, 6.07) is 8.62. The molecule has 1 aromatic carbocycles. The lowest BCUT2D eigenvalue weighted by Crippen LogP contribution is -2.17. The molecule has 1 aromatic heterocycles. The van der Waals surface area contributed by atoms with Gasteiger partial charge < -0.3 is 9.82 Å². The number of nitrogens with one attached hydrogen (secondary N) is 1. The van der Waals surface area contributed by atoms with Crippen LogP contribution in [-0.2, 0) is 10.3 Å². The zero-order valence-electron chi connectivity index (χ0n) is 8.49. The molecular weight excluding hydrogens is 188 g/mol. The van der Waals surface area contributed by atoms with Crippen LogP contribution in [0.3, 0.4) is 0 Å². The van der Waals surface area contributed by atoms with Crippen molar-refractivity contribution < 1.29 is 4.84 Å². The standard InChI is InChI=1S/C12H14N2O/c13-15-8-12(4-5-12)10-2-1-9-3-6-14-11(9)7-10/h1-3,6-7,14H,4-5,8,13H2. The van der Waals surface area contributed by atoms with Gasteiger partial charge in [-0.3, -0.25) is 0 Å². The van der Waals surface area contributed by atoms with E-state index in [1.165, 1.54) is 29.3 Å². The molecule has 1 aliphatic carbocycles. The van der Waals surface area contributed by atoms with Gasteiger partial charge in [0, 0.05) is 17.1 Å². The first kappa shape index (κ1) is 8.95. The van der Waals surface area contributed by atoms with Gasteiger partial charge in [0.2, 0.25) is 0 Å². The summed E-state index contributed by atoms with van der Waals surface area (Å²) in [6.45, 7) is 0.624. The molecule has 1 saturated carbocycles. The van der Waals surface area contributed by atoms with Crippen molar-refractivity contribution in [2.75, 3.05) is 6.61 Å². The molecule has 0 saturated heterocycles. The zero-order valence-corrected chi connectivity index (χ0v) is 8.49. The first-order valence-corrected chi connectivity index (χ1v) is 5.23. The lowest BCUT2D eigenvalue weighted by atomic mass is 9.96. The second kappa shape index (κ2) is 3.08. The molecule has 0 unspecified atom stereocenters. The lowest BCUT2D eigenvalue weighted by molar-refractivity contribution is 0.116. The van der Waals surface area contributed by atoms with E-state index < -0.39 is 0 Å². The Morgan fingerprint density at radius 1 is 1.33 bits per heavy atom. The molecule has 0 aliphatic heterocycles. The summed E-state index contributed by atoms with van der Waals surface area (Å²) in [4.78, 5) is 8.04. The SMILES string of the molecule is NOCC1(c2ccc3cc[nH]c3c2)CC1. The molecule has 3 nitrogen and oxygen atoms in total. The molecule has 1 fully saturated rings. The first-order chi connectivity index (χ1) is 7.34. The number of fused-ring (bicyclic) bond motifs is 1. The van der Waals surface area contributed by atoms with Crippen molar-refractivity contribution in [3.05, 3.63) is 36.0 Å². The summed E-state index contributed by atoms with van der Waals surface area (Å²) in [7, 11) is 0. The number of hydrogen-bond donors (Lipinski definition) is 2. The van der Waals surface area contributed by atoms with Crippen molar-refractivity contribution in [1.29, 1.82) is 0 Å². The third-order valence-corrected chi connectivity index (χ3v) is 3.38. The molecule has 0 atom stereocenters. The minimum absolute atomic E-state index is 0.189. The van der Waals surface area contributed by atoms with Crippen molar-refractivity contribution in [2.24, 2.45) is 5.90 Å². The average molecular weight is 202 g/mol. The topological polar surface area (TPSA) is 51.0 Å². The molecule has 15 heavy (non-hydrogen) atoms.